The van der Waals surface area contributed by atoms with Gasteiger partial charge in [-0.3, -0.25) is 4.79 Å². The molecule has 1 heterocycles. The van der Waals surface area contributed by atoms with E-state index in [9.17, 15) is 18.0 Å². The van der Waals surface area contributed by atoms with Gasteiger partial charge in [0.15, 0.2) is 0 Å². The molecule has 0 aliphatic carbocycles. The summed E-state index contributed by atoms with van der Waals surface area (Å²) in [7, 11) is 0. The molecule has 4 nitrogen and oxygen atoms in total. The van der Waals surface area contributed by atoms with Crippen LogP contribution in [0.5, 0.6) is 0 Å². The van der Waals surface area contributed by atoms with Crippen molar-refractivity contribution < 1.29 is 18.0 Å². The lowest BCUT2D eigenvalue weighted by Gasteiger charge is -2.09. The number of anilines is 1. The molecule has 1 amide bonds. The Hall–Kier alpha value is -1.44. The molecule has 0 bridgehead atoms. The molecular formula is C12H16F3N3OS. The van der Waals surface area contributed by atoms with Crippen molar-refractivity contribution >= 4 is 23.5 Å². The van der Waals surface area contributed by atoms with Crippen molar-refractivity contribution in [1.29, 1.82) is 0 Å². The fourth-order valence-corrected chi connectivity index (χ4v) is 1.94. The van der Waals surface area contributed by atoms with Crippen LogP contribution in [0.2, 0.25) is 0 Å². The van der Waals surface area contributed by atoms with E-state index in [0.717, 1.165) is 0 Å². The zero-order valence-electron chi connectivity index (χ0n) is 11.2. The number of carbonyl (C=O) groups is 1. The highest BCUT2D eigenvalue weighted by Gasteiger charge is 2.27. The molecular weight excluding hydrogens is 291 g/mol. The van der Waals surface area contributed by atoms with E-state index in [-0.39, 0.29) is 24.1 Å². The minimum atomic E-state index is -4.27. The molecule has 0 aliphatic heterocycles. The second kappa shape index (κ2) is 7.37. The van der Waals surface area contributed by atoms with Crippen molar-refractivity contribution in [3.05, 3.63) is 23.4 Å². The maximum absolute atomic E-state index is 11.9. The Morgan fingerprint density at radius 3 is 2.70 bits per heavy atom. The van der Waals surface area contributed by atoms with Gasteiger partial charge < -0.3 is 10.6 Å². The predicted octanol–water partition coefficient (Wildman–Crippen LogP) is 2.80. The molecule has 1 rings (SSSR count). The summed E-state index contributed by atoms with van der Waals surface area (Å²) in [4.78, 5) is 16.0. The number of nitrogens with one attached hydrogen (secondary N) is 2. The fraction of sp³-hybridized carbons (Fsp3) is 0.500. The highest BCUT2D eigenvalue weighted by molar-refractivity contribution is 8.00. The van der Waals surface area contributed by atoms with Gasteiger partial charge in [-0.1, -0.05) is 0 Å². The summed E-state index contributed by atoms with van der Waals surface area (Å²) in [5.74, 6) is -0.0425. The van der Waals surface area contributed by atoms with Crippen LogP contribution in [0, 0.1) is 6.92 Å². The molecule has 0 atom stereocenters. The highest BCUT2D eigenvalue weighted by atomic mass is 32.2. The minimum Gasteiger partial charge on any atom is -0.370 e. The Bertz CT molecular complexity index is 466. The van der Waals surface area contributed by atoms with Crippen LogP contribution in [-0.2, 0) is 0 Å². The van der Waals surface area contributed by atoms with E-state index in [4.69, 9.17) is 0 Å². The van der Waals surface area contributed by atoms with Gasteiger partial charge in [-0.15, -0.1) is 0 Å². The molecule has 0 saturated carbocycles. The van der Waals surface area contributed by atoms with Crippen LogP contribution in [0.15, 0.2) is 12.1 Å². The average Bonchev–Trinajstić information content (AvgIpc) is 2.33. The maximum atomic E-state index is 11.9. The third-order valence-electron chi connectivity index (χ3n) is 2.23. The van der Waals surface area contributed by atoms with Gasteiger partial charge in [0.1, 0.15) is 5.82 Å². The molecule has 8 heteroatoms. The smallest absolute Gasteiger partial charge is 0.370 e. The van der Waals surface area contributed by atoms with E-state index < -0.39 is 11.4 Å². The number of aromatic nitrogens is 1. The van der Waals surface area contributed by atoms with Gasteiger partial charge in [-0.2, -0.15) is 13.2 Å². The highest BCUT2D eigenvalue weighted by Crippen LogP contribution is 2.29. The quantitative estimate of drug-likeness (QED) is 0.794. The summed E-state index contributed by atoms with van der Waals surface area (Å²) < 4.78 is 35.8. The molecule has 20 heavy (non-hydrogen) atoms. The number of aryl methyl sites for hydroxylation is 1. The molecule has 0 saturated heterocycles. The number of pyridine rings is 1. The van der Waals surface area contributed by atoms with Gasteiger partial charge >= 0.3 is 5.51 Å². The van der Waals surface area contributed by atoms with Crippen molar-refractivity contribution in [1.82, 2.24) is 10.3 Å². The van der Waals surface area contributed by atoms with Gasteiger partial charge in [0.05, 0.1) is 0 Å². The molecule has 0 aromatic carbocycles. The van der Waals surface area contributed by atoms with Gasteiger partial charge in [-0.25, -0.2) is 4.98 Å². The Morgan fingerprint density at radius 2 is 2.10 bits per heavy atom. The number of amides is 1. The normalized spacial score (nSPS) is 11.2. The summed E-state index contributed by atoms with van der Waals surface area (Å²) in [6, 6.07) is 3.16. The van der Waals surface area contributed by atoms with Crippen LogP contribution >= 0.6 is 11.8 Å². The van der Waals surface area contributed by atoms with Gasteiger partial charge in [-0.05, 0) is 37.7 Å². The zero-order chi connectivity index (χ0) is 15.2. The predicted molar refractivity (Wildman–Crippen MR) is 74.0 cm³/mol. The first kappa shape index (κ1) is 16.6. The second-order valence-electron chi connectivity index (χ2n) is 3.96. The monoisotopic (exact) mass is 307 g/mol. The average molecular weight is 307 g/mol. The Kier molecular flexibility index (Phi) is 6.12. The van der Waals surface area contributed by atoms with Crippen LogP contribution in [0.3, 0.4) is 0 Å². The standard InChI is InChI=1S/C12H16F3N3OS/c1-3-16-10-7-9(6-8(2)18-10)11(19)17-4-5-20-12(13,14)15/h6-7H,3-5H2,1-2H3,(H,16,18)(H,17,19). The molecule has 1 aromatic heterocycles. The van der Waals surface area contributed by atoms with Crippen LogP contribution in [0.1, 0.15) is 23.0 Å². The summed E-state index contributed by atoms with van der Waals surface area (Å²) in [6.07, 6.45) is 0. The number of halogens is 3. The number of rotatable bonds is 6. The number of thioether (sulfide) groups is 1. The zero-order valence-corrected chi connectivity index (χ0v) is 12.0. The van der Waals surface area contributed by atoms with E-state index in [1.54, 1.807) is 19.1 Å². The largest absolute Gasteiger partial charge is 0.441 e. The van der Waals surface area contributed by atoms with Crippen LogP contribution in [0.25, 0.3) is 0 Å². The summed E-state index contributed by atoms with van der Waals surface area (Å²) in [6.45, 7) is 4.27. The van der Waals surface area contributed by atoms with Crippen molar-refractivity contribution in [2.75, 3.05) is 24.2 Å². The van der Waals surface area contributed by atoms with Crippen molar-refractivity contribution in [2.45, 2.75) is 19.4 Å². The molecule has 0 aliphatic rings. The summed E-state index contributed by atoms with van der Waals surface area (Å²) >= 11 is -0.154. The van der Waals surface area contributed by atoms with Crippen LogP contribution < -0.4 is 10.6 Å². The fourth-order valence-electron chi connectivity index (χ4n) is 1.50. The number of nitrogens with zero attached hydrogens (tertiary/aromatic N) is 1. The van der Waals surface area contributed by atoms with Crippen molar-refractivity contribution in [2.24, 2.45) is 0 Å². The van der Waals surface area contributed by atoms with Gasteiger partial charge in [0.2, 0.25) is 0 Å². The van der Waals surface area contributed by atoms with E-state index >= 15 is 0 Å². The molecule has 0 unspecified atom stereocenters. The molecule has 0 fully saturated rings. The molecule has 0 radical (unpaired) electrons. The lowest BCUT2D eigenvalue weighted by molar-refractivity contribution is -0.0327. The number of hydrogen-bond acceptors (Lipinski definition) is 4. The van der Waals surface area contributed by atoms with E-state index in [1.165, 1.54) is 0 Å². The first-order chi connectivity index (χ1) is 9.31. The van der Waals surface area contributed by atoms with Crippen molar-refractivity contribution in [3.8, 4) is 0 Å². The van der Waals surface area contributed by atoms with Crippen LogP contribution in [0.4, 0.5) is 19.0 Å². The number of alkyl halides is 3. The third-order valence-corrected chi connectivity index (χ3v) is 2.96. The molecule has 112 valence electrons. The number of hydrogen-bond donors (Lipinski definition) is 2. The molecule has 1 aromatic rings. The van der Waals surface area contributed by atoms with E-state index in [0.29, 0.717) is 23.6 Å². The first-order valence-corrected chi connectivity index (χ1v) is 7.02. The lowest BCUT2D eigenvalue weighted by Crippen LogP contribution is -2.26. The summed E-state index contributed by atoms with van der Waals surface area (Å²) in [5, 5.41) is 5.44. The topological polar surface area (TPSA) is 54.0 Å². The van der Waals surface area contributed by atoms with Crippen LogP contribution in [-0.4, -0.2) is 35.2 Å². The molecule has 0 spiro atoms. The van der Waals surface area contributed by atoms with E-state index in [1.807, 2.05) is 6.92 Å². The van der Waals surface area contributed by atoms with Crippen molar-refractivity contribution in [3.63, 3.8) is 0 Å². The number of carbonyl (C=O) groups excluding carboxylic acids is 1. The van der Waals surface area contributed by atoms with Gasteiger partial charge in [0.25, 0.3) is 5.91 Å². The first-order valence-electron chi connectivity index (χ1n) is 6.03. The lowest BCUT2D eigenvalue weighted by atomic mass is 10.2. The summed E-state index contributed by atoms with van der Waals surface area (Å²) in [5.41, 5.74) is -3.22. The Balaban J connectivity index is 2.55. The SMILES string of the molecule is CCNc1cc(C(=O)NCCSC(F)(F)F)cc(C)n1. The van der Waals surface area contributed by atoms with Gasteiger partial charge in [0, 0.05) is 30.1 Å². The molecule has 2 N–H and O–H groups in total. The maximum Gasteiger partial charge on any atom is 0.441 e. The Labute approximate surface area is 119 Å². The Morgan fingerprint density at radius 1 is 1.40 bits per heavy atom. The minimum absolute atomic E-state index is 0.0408. The second-order valence-corrected chi connectivity index (χ2v) is 5.12. The third kappa shape index (κ3) is 6.14. The van der Waals surface area contributed by atoms with E-state index in [2.05, 4.69) is 15.6 Å².